The van der Waals surface area contributed by atoms with Crippen LogP contribution in [0.3, 0.4) is 0 Å². The fourth-order valence-corrected chi connectivity index (χ4v) is 2.74. The number of fused-ring (bicyclic) bond motifs is 1. The van der Waals surface area contributed by atoms with Crippen LogP contribution in [0.25, 0.3) is 0 Å². The van der Waals surface area contributed by atoms with Crippen molar-refractivity contribution in [2.45, 2.75) is 10.4 Å². The second-order valence-electron chi connectivity index (χ2n) is 3.03. The summed E-state index contributed by atoms with van der Waals surface area (Å²) in [6.45, 7) is 0. The van der Waals surface area contributed by atoms with Gasteiger partial charge in [0.1, 0.15) is 10.4 Å². The molecule has 0 bridgehead atoms. The van der Waals surface area contributed by atoms with Crippen molar-refractivity contribution in [2.75, 3.05) is 0 Å². The standard InChI is InChI=1S/C7H5BrCl2O2/c8-3-1-2-4(7(2,9)10)6(12)5(3)11/h1-2,4-5,11H/t2-,4-,5?/m1/s1. The van der Waals surface area contributed by atoms with Crippen molar-refractivity contribution < 1.29 is 9.90 Å². The molecule has 1 fully saturated rings. The Morgan fingerprint density at radius 1 is 1.58 bits per heavy atom. The van der Waals surface area contributed by atoms with E-state index in [9.17, 15) is 9.90 Å². The molecule has 0 spiro atoms. The van der Waals surface area contributed by atoms with Gasteiger partial charge < -0.3 is 5.11 Å². The Hall–Kier alpha value is 0.430. The Bertz CT molecular complexity index is 287. The molecule has 0 amide bonds. The minimum Gasteiger partial charge on any atom is -0.380 e. The van der Waals surface area contributed by atoms with E-state index in [4.69, 9.17) is 23.2 Å². The van der Waals surface area contributed by atoms with Crippen molar-refractivity contribution >= 4 is 44.9 Å². The molecule has 0 aromatic heterocycles. The van der Waals surface area contributed by atoms with Gasteiger partial charge in [0.25, 0.3) is 0 Å². The molecule has 1 N–H and O–H groups in total. The number of alkyl halides is 2. The lowest BCUT2D eigenvalue weighted by molar-refractivity contribution is -0.126. The number of carbonyl (C=O) groups excluding carboxylic acids is 1. The molecule has 0 aromatic carbocycles. The van der Waals surface area contributed by atoms with E-state index in [0.29, 0.717) is 4.48 Å². The number of aliphatic hydroxyl groups is 1. The zero-order valence-electron chi connectivity index (χ0n) is 5.80. The van der Waals surface area contributed by atoms with Crippen LogP contribution < -0.4 is 0 Å². The molecule has 2 nitrogen and oxygen atoms in total. The van der Waals surface area contributed by atoms with Crippen LogP contribution in [0.15, 0.2) is 10.6 Å². The first-order chi connectivity index (χ1) is 5.46. The Morgan fingerprint density at radius 3 is 2.75 bits per heavy atom. The average Bonchev–Trinajstić information content (AvgIpc) is 2.49. The third-order valence-electron chi connectivity index (χ3n) is 2.29. The number of ketones is 1. The van der Waals surface area contributed by atoms with Crippen molar-refractivity contribution in [3.8, 4) is 0 Å². The van der Waals surface area contributed by atoms with Crippen LogP contribution in [0.5, 0.6) is 0 Å². The number of halogens is 3. The monoisotopic (exact) mass is 270 g/mol. The van der Waals surface area contributed by atoms with Crippen LogP contribution in [-0.2, 0) is 4.79 Å². The third kappa shape index (κ3) is 1.00. The summed E-state index contributed by atoms with van der Waals surface area (Å²) in [4.78, 5) is 11.3. The minimum atomic E-state index is -1.08. The van der Waals surface area contributed by atoms with Gasteiger partial charge in [-0.2, -0.15) is 0 Å². The fraction of sp³-hybridized carbons (Fsp3) is 0.571. The Morgan fingerprint density at radius 2 is 2.17 bits per heavy atom. The number of allylic oxidation sites excluding steroid dienone is 1. The summed E-state index contributed by atoms with van der Waals surface area (Å²) in [5.74, 6) is -0.845. The molecule has 2 aliphatic rings. The van der Waals surface area contributed by atoms with Gasteiger partial charge in [0.2, 0.25) is 0 Å². The summed E-state index contributed by atoms with van der Waals surface area (Å²) < 4.78 is -0.523. The third-order valence-corrected chi connectivity index (χ3v) is 3.96. The van der Waals surface area contributed by atoms with Gasteiger partial charge in [0, 0.05) is 10.4 Å². The van der Waals surface area contributed by atoms with E-state index in [1.807, 2.05) is 0 Å². The Labute approximate surface area is 87.7 Å². The van der Waals surface area contributed by atoms with Gasteiger partial charge in [-0.15, -0.1) is 23.2 Å². The van der Waals surface area contributed by atoms with Crippen molar-refractivity contribution in [3.63, 3.8) is 0 Å². The maximum absolute atomic E-state index is 11.3. The minimum absolute atomic E-state index is 0.133. The number of hydrogen-bond acceptors (Lipinski definition) is 2. The average molecular weight is 272 g/mol. The zero-order chi connectivity index (χ0) is 9.09. The van der Waals surface area contributed by atoms with Crippen LogP contribution >= 0.6 is 39.1 Å². The van der Waals surface area contributed by atoms with Crippen molar-refractivity contribution in [1.29, 1.82) is 0 Å². The van der Waals surface area contributed by atoms with Gasteiger partial charge in [-0.3, -0.25) is 4.79 Å². The molecule has 5 heteroatoms. The highest BCUT2D eigenvalue weighted by atomic mass is 79.9. The van der Waals surface area contributed by atoms with Gasteiger partial charge in [-0.25, -0.2) is 0 Å². The molecule has 66 valence electrons. The summed E-state index contributed by atoms with van der Waals surface area (Å²) in [7, 11) is 0. The van der Waals surface area contributed by atoms with Crippen molar-refractivity contribution in [2.24, 2.45) is 11.8 Å². The molecular weight excluding hydrogens is 267 g/mol. The van der Waals surface area contributed by atoms with Gasteiger partial charge >= 0.3 is 0 Å². The predicted octanol–water partition coefficient (Wildman–Crippen LogP) is 1.63. The topological polar surface area (TPSA) is 37.3 Å². The smallest absolute Gasteiger partial charge is 0.173 e. The summed E-state index contributed by atoms with van der Waals surface area (Å²) >= 11 is 14.7. The molecule has 0 aliphatic heterocycles. The molecule has 1 saturated carbocycles. The van der Waals surface area contributed by atoms with E-state index in [-0.39, 0.29) is 11.7 Å². The summed E-state index contributed by atoms with van der Waals surface area (Å²) in [6, 6.07) is 0. The van der Waals surface area contributed by atoms with E-state index < -0.39 is 16.4 Å². The molecule has 3 atom stereocenters. The second-order valence-corrected chi connectivity index (χ2v) is 5.39. The highest BCUT2D eigenvalue weighted by Crippen LogP contribution is 2.63. The van der Waals surface area contributed by atoms with Crippen molar-refractivity contribution in [1.82, 2.24) is 0 Å². The van der Waals surface area contributed by atoms with Crippen LogP contribution in [0, 0.1) is 11.8 Å². The number of hydrogen-bond donors (Lipinski definition) is 1. The molecule has 1 unspecified atom stereocenters. The first-order valence-electron chi connectivity index (χ1n) is 3.43. The quantitative estimate of drug-likeness (QED) is 0.680. The fourth-order valence-electron chi connectivity index (χ4n) is 1.49. The molecule has 0 radical (unpaired) electrons. The highest BCUT2D eigenvalue weighted by molar-refractivity contribution is 9.11. The van der Waals surface area contributed by atoms with Gasteiger partial charge in [-0.05, 0) is 0 Å². The summed E-state index contributed by atoms with van der Waals surface area (Å²) in [5, 5.41) is 9.29. The van der Waals surface area contributed by atoms with Crippen molar-refractivity contribution in [3.05, 3.63) is 10.6 Å². The molecule has 12 heavy (non-hydrogen) atoms. The lowest BCUT2D eigenvalue weighted by Crippen LogP contribution is -2.26. The van der Waals surface area contributed by atoms with E-state index >= 15 is 0 Å². The molecule has 2 rings (SSSR count). The number of rotatable bonds is 0. The zero-order valence-corrected chi connectivity index (χ0v) is 8.90. The molecular formula is C7H5BrCl2O2. The van der Waals surface area contributed by atoms with E-state index in [1.54, 1.807) is 6.08 Å². The maximum atomic E-state index is 11.3. The Balaban J connectivity index is 2.36. The number of aliphatic hydroxyl groups excluding tert-OH is 1. The summed E-state index contributed by atoms with van der Waals surface area (Å²) in [6.07, 6.45) is 0.627. The van der Waals surface area contributed by atoms with E-state index in [0.717, 1.165) is 0 Å². The first kappa shape index (κ1) is 9.00. The van der Waals surface area contributed by atoms with Gasteiger partial charge in [-0.1, -0.05) is 22.0 Å². The number of Topliss-reactive ketones (excluding diaryl/α,β-unsaturated/α-hetero) is 1. The predicted molar refractivity (Wildman–Crippen MR) is 49.4 cm³/mol. The van der Waals surface area contributed by atoms with Crippen LogP contribution in [0.2, 0.25) is 0 Å². The molecule has 0 aromatic rings. The van der Waals surface area contributed by atoms with E-state index in [2.05, 4.69) is 15.9 Å². The van der Waals surface area contributed by atoms with Crippen LogP contribution in [-0.4, -0.2) is 21.3 Å². The molecule has 0 saturated heterocycles. The van der Waals surface area contributed by atoms with E-state index in [1.165, 1.54) is 0 Å². The maximum Gasteiger partial charge on any atom is 0.173 e. The second kappa shape index (κ2) is 2.47. The van der Waals surface area contributed by atoms with Gasteiger partial charge in [0.05, 0.1) is 5.92 Å². The largest absolute Gasteiger partial charge is 0.380 e. The SMILES string of the molecule is O=C1C(O)C(Br)=C[C@@H]2[C@H]1C2(Cl)Cl. The summed E-state index contributed by atoms with van der Waals surface area (Å²) in [5.41, 5.74) is 0. The van der Waals surface area contributed by atoms with Crippen LogP contribution in [0.4, 0.5) is 0 Å². The lowest BCUT2D eigenvalue weighted by atomic mass is 10.0. The molecule has 0 heterocycles. The normalized spacial score (nSPS) is 43.5. The Kier molecular flexibility index (Phi) is 1.85. The first-order valence-corrected chi connectivity index (χ1v) is 4.98. The van der Waals surface area contributed by atoms with Crippen LogP contribution in [0.1, 0.15) is 0 Å². The lowest BCUT2D eigenvalue weighted by Gasteiger charge is -2.11. The number of carbonyl (C=O) groups is 1. The highest BCUT2D eigenvalue weighted by Gasteiger charge is 2.68. The molecule has 2 aliphatic carbocycles. The van der Waals surface area contributed by atoms with Gasteiger partial charge in [0.15, 0.2) is 5.78 Å².